The number of oxazole rings is 1. The van der Waals surface area contributed by atoms with Gasteiger partial charge in [-0.25, -0.2) is 4.98 Å². The molecule has 3 aromatic rings. The molecule has 23 heavy (non-hydrogen) atoms. The number of hydrogen-bond acceptors (Lipinski definition) is 4. The maximum atomic E-state index is 9.53. The summed E-state index contributed by atoms with van der Waals surface area (Å²) in [5.74, 6) is 1.63. The van der Waals surface area contributed by atoms with Crippen LogP contribution in [-0.2, 0) is 4.79 Å². The highest BCUT2D eigenvalue weighted by atomic mass is 32.1. The fourth-order valence-electron chi connectivity index (χ4n) is 2.02. The van der Waals surface area contributed by atoms with E-state index in [1.807, 2.05) is 60.7 Å². The summed E-state index contributed by atoms with van der Waals surface area (Å²) in [5, 5.41) is 0. The SMILES string of the molecule is O=CCCCS.c1ccc(-c2ncoc2-c2ccccc2)cc1. The van der Waals surface area contributed by atoms with Crippen LogP contribution in [0.2, 0.25) is 0 Å². The highest BCUT2D eigenvalue weighted by Crippen LogP contribution is 2.30. The van der Waals surface area contributed by atoms with E-state index >= 15 is 0 Å². The molecule has 118 valence electrons. The summed E-state index contributed by atoms with van der Waals surface area (Å²) in [6.07, 6.45) is 3.97. The van der Waals surface area contributed by atoms with Gasteiger partial charge in [-0.3, -0.25) is 0 Å². The first-order valence-electron chi connectivity index (χ1n) is 7.45. The molecular weight excluding hydrogens is 306 g/mol. The van der Waals surface area contributed by atoms with Crippen molar-refractivity contribution in [3.8, 4) is 22.6 Å². The fourth-order valence-corrected chi connectivity index (χ4v) is 2.20. The van der Waals surface area contributed by atoms with Crippen LogP contribution in [0.15, 0.2) is 71.5 Å². The van der Waals surface area contributed by atoms with Gasteiger partial charge in [0.1, 0.15) is 12.0 Å². The van der Waals surface area contributed by atoms with Crippen molar-refractivity contribution in [2.24, 2.45) is 0 Å². The van der Waals surface area contributed by atoms with Gasteiger partial charge in [-0.2, -0.15) is 12.6 Å². The summed E-state index contributed by atoms with van der Waals surface area (Å²) in [6.45, 7) is 0. The van der Waals surface area contributed by atoms with Crippen LogP contribution in [0.4, 0.5) is 0 Å². The van der Waals surface area contributed by atoms with Crippen LogP contribution in [0, 0.1) is 0 Å². The first-order chi connectivity index (χ1) is 11.4. The van der Waals surface area contributed by atoms with Gasteiger partial charge in [0.05, 0.1) is 0 Å². The predicted octanol–water partition coefficient (Wildman–Crippen LogP) is 4.90. The van der Waals surface area contributed by atoms with Crippen LogP contribution in [0.5, 0.6) is 0 Å². The van der Waals surface area contributed by atoms with E-state index in [-0.39, 0.29) is 0 Å². The van der Waals surface area contributed by atoms with Crippen molar-refractivity contribution in [1.82, 2.24) is 4.98 Å². The summed E-state index contributed by atoms with van der Waals surface area (Å²) < 4.78 is 5.49. The van der Waals surface area contributed by atoms with E-state index in [0.29, 0.717) is 6.42 Å². The van der Waals surface area contributed by atoms with Gasteiger partial charge < -0.3 is 9.21 Å². The highest BCUT2D eigenvalue weighted by molar-refractivity contribution is 7.80. The van der Waals surface area contributed by atoms with Gasteiger partial charge in [0, 0.05) is 17.5 Å². The van der Waals surface area contributed by atoms with Crippen molar-refractivity contribution in [2.45, 2.75) is 12.8 Å². The molecule has 0 amide bonds. The minimum absolute atomic E-state index is 0.656. The lowest BCUT2D eigenvalue weighted by Gasteiger charge is -2.00. The molecule has 0 aliphatic carbocycles. The quantitative estimate of drug-likeness (QED) is 0.412. The van der Waals surface area contributed by atoms with Gasteiger partial charge in [0.15, 0.2) is 12.2 Å². The van der Waals surface area contributed by atoms with Crippen LogP contribution in [0.3, 0.4) is 0 Å². The van der Waals surface area contributed by atoms with Crippen LogP contribution in [-0.4, -0.2) is 17.0 Å². The number of carbonyl (C=O) groups is 1. The molecule has 0 spiro atoms. The van der Waals surface area contributed by atoms with Crippen molar-refractivity contribution in [3.63, 3.8) is 0 Å². The number of nitrogens with zero attached hydrogens (tertiary/aromatic N) is 1. The zero-order chi connectivity index (χ0) is 16.3. The molecule has 0 aliphatic rings. The number of carbonyl (C=O) groups excluding carboxylic acids is 1. The Balaban J connectivity index is 0.000000277. The summed E-state index contributed by atoms with van der Waals surface area (Å²) in [4.78, 5) is 13.8. The number of thiol groups is 1. The summed E-state index contributed by atoms with van der Waals surface area (Å²) in [7, 11) is 0. The van der Waals surface area contributed by atoms with Crippen LogP contribution < -0.4 is 0 Å². The third-order valence-corrected chi connectivity index (χ3v) is 3.45. The van der Waals surface area contributed by atoms with Crippen LogP contribution >= 0.6 is 12.6 Å². The summed E-state index contributed by atoms with van der Waals surface area (Å²) in [6, 6.07) is 20.1. The van der Waals surface area contributed by atoms with Crippen molar-refractivity contribution in [1.29, 1.82) is 0 Å². The summed E-state index contributed by atoms with van der Waals surface area (Å²) >= 11 is 3.90. The monoisotopic (exact) mass is 325 g/mol. The Morgan fingerprint density at radius 3 is 2.09 bits per heavy atom. The molecule has 1 heterocycles. The maximum Gasteiger partial charge on any atom is 0.182 e. The number of rotatable bonds is 5. The second-order valence-electron chi connectivity index (χ2n) is 4.79. The second kappa shape index (κ2) is 9.64. The minimum atomic E-state index is 0.656. The second-order valence-corrected chi connectivity index (χ2v) is 5.24. The molecule has 0 atom stereocenters. The minimum Gasteiger partial charge on any atom is -0.443 e. The van der Waals surface area contributed by atoms with E-state index < -0.39 is 0 Å². The number of aldehydes is 1. The van der Waals surface area contributed by atoms with E-state index in [0.717, 1.165) is 41.0 Å². The van der Waals surface area contributed by atoms with Gasteiger partial charge in [0.2, 0.25) is 0 Å². The first-order valence-corrected chi connectivity index (χ1v) is 8.09. The molecule has 0 fully saturated rings. The smallest absolute Gasteiger partial charge is 0.182 e. The van der Waals surface area contributed by atoms with E-state index in [1.54, 1.807) is 0 Å². The Morgan fingerprint density at radius 1 is 0.957 bits per heavy atom. The van der Waals surface area contributed by atoms with Gasteiger partial charge in [0.25, 0.3) is 0 Å². The van der Waals surface area contributed by atoms with E-state index in [4.69, 9.17) is 4.42 Å². The lowest BCUT2D eigenvalue weighted by molar-refractivity contribution is -0.107. The Bertz CT molecular complexity index is 642. The van der Waals surface area contributed by atoms with Crippen molar-refractivity contribution >= 4 is 18.9 Å². The number of aromatic nitrogens is 1. The Hall–Kier alpha value is -2.33. The topological polar surface area (TPSA) is 43.1 Å². The molecule has 0 radical (unpaired) electrons. The molecule has 0 saturated heterocycles. The van der Waals surface area contributed by atoms with E-state index in [9.17, 15) is 4.79 Å². The van der Waals surface area contributed by atoms with Gasteiger partial charge in [-0.1, -0.05) is 60.7 Å². The Labute approximate surface area is 141 Å². The standard InChI is InChI=1S/C15H11NO.C4H8OS/c1-3-7-12(8-4-1)14-15(17-11-16-14)13-9-5-2-6-10-13;5-3-1-2-4-6/h1-11H;3,6H,1-2,4H2. The third kappa shape index (κ3) is 5.11. The molecule has 1 aromatic heterocycles. The van der Waals surface area contributed by atoms with E-state index in [2.05, 4.69) is 17.6 Å². The summed E-state index contributed by atoms with van der Waals surface area (Å²) in [5.41, 5.74) is 3.00. The third-order valence-electron chi connectivity index (χ3n) is 3.13. The lowest BCUT2D eigenvalue weighted by atomic mass is 10.1. The number of hydrogen-bond donors (Lipinski definition) is 1. The average molecular weight is 325 g/mol. The Morgan fingerprint density at radius 2 is 1.57 bits per heavy atom. The molecule has 0 bridgehead atoms. The molecule has 2 aromatic carbocycles. The molecule has 4 heteroatoms. The van der Waals surface area contributed by atoms with Gasteiger partial charge in [-0.15, -0.1) is 0 Å². The molecule has 0 unspecified atom stereocenters. The molecule has 0 aliphatic heterocycles. The predicted molar refractivity (Wildman–Crippen MR) is 96.5 cm³/mol. The van der Waals surface area contributed by atoms with Crippen LogP contribution in [0.1, 0.15) is 12.8 Å². The van der Waals surface area contributed by atoms with Gasteiger partial charge >= 0.3 is 0 Å². The maximum absolute atomic E-state index is 9.53. The fraction of sp³-hybridized carbons (Fsp3) is 0.158. The van der Waals surface area contributed by atoms with Gasteiger partial charge in [-0.05, 0) is 12.2 Å². The highest BCUT2D eigenvalue weighted by Gasteiger charge is 2.11. The molecule has 0 N–H and O–H groups in total. The largest absolute Gasteiger partial charge is 0.443 e. The number of benzene rings is 2. The van der Waals surface area contributed by atoms with E-state index in [1.165, 1.54) is 6.39 Å². The molecule has 3 rings (SSSR count). The molecule has 3 nitrogen and oxygen atoms in total. The Kier molecular flexibility index (Phi) is 7.14. The zero-order valence-corrected chi connectivity index (χ0v) is 13.7. The van der Waals surface area contributed by atoms with Crippen molar-refractivity contribution < 1.29 is 9.21 Å². The molecule has 0 saturated carbocycles. The first kappa shape index (κ1) is 17.0. The normalized spacial score (nSPS) is 9.78. The van der Waals surface area contributed by atoms with Crippen molar-refractivity contribution in [3.05, 3.63) is 67.1 Å². The van der Waals surface area contributed by atoms with Crippen LogP contribution in [0.25, 0.3) is 22.6 Å². The lowest BCUT2D eigenvalue weighted by Crippen LogP contribution is -1.81. The van der Waals surface area contributed by atoms with Crippen molar-refractivity contribution in [2.75, 3.05) is 5.75 Å². The average Bonchev–Trinajstić information content (AvgIpc) is 3.12. The zero-order valence-electron chi connectivity index (χ0n) is 12.8. The number of unbranched alkanes of at least 4 members (excludes halogenated alkanes) is 1. The molecular formula is C19H19NO2S.